The number of rotatable bonds is 2. The van der Waals surface area contributed by atoms with Crippen molar-refractivity contribution in [3.05, 3.63) is 48.3 Å². The summed E-state index contributed by atoms with van der Waals surface area (Å²) in [4.78, 5) is 0. The molecule has 16 heavy (non-hydrogen) atoms. The summed E-state index contributed by atoms with van der Waals surface area (Å²) in [5.74, 6) is 0.596. The minimum atomic E-state index is -0.220. The van der Waals surface area contributed by atoms with Gasteiger partial charge in [0.2, 0.25) is 0 Å². The molecule has 0 heterocycles. The highest BCUT2D eigenvalue weighted by atomic mass is 31.0. The standard InChI is InChI=1S/C13H12FOP/c1-15-11-6-7-12(13(16)8-11)9-2-4-10(14)5-3-9/h2-8H,16H2,1H3. The van der Waals surface area contributed by atoms with E-state index in [1.54, 1.807) is 19.2 Å². The Hall–Kier alpha value is -1.40. The summed E-state index contributed by atoms with van der Waals surface area (Å²) in [6, 6.07) is 12.3. The molecule has 0 radical (unpaired) electrons. The molecular formula is C13H12FOP. The Balaban J connectivity index is 2.44. The van der Waals surface area contributed by atoms with E-state index in [4.69, 9.17) is 4.74 Å². The SMILES string of the molecule is COc1ccc(-c2ccc(F)cc2)c(P)c1. The molecule has 3 heteroatoms. The molecule has 0 saturated heterocycles. The number of methoxy groups -OCH3 is 1. The molecule has 0 aromatic heterocycles. The summed E-state index contributed by atoms with van der Waals surface area (Å²) >= 11 is 0. The second kappa shape index (κ2) is 4.63. The van der Waals surface area contributed by atoms with Crippen molar-refractivity contribution >= 4 is 14.5 Å². The maximum atomic E-state index is 12.8. The lowest BCUT2D eigenvalue weighted by molar-refractivity contribution is 0.415. The number of hydrogen-bond acceptors (Lipinski definition) is 1. The minimum absolute atomic E-state index is 0.220. The highest BCUT2D eigenvalue weighted by molar-refractivity contribution is 7.28. The van der Waals surface area contributed by atoms with Crippen molar-refractivity contribution in [2.75, 3.05) is 7.11 Å². The maximum absolute atomic E-state index is 12.8. The van der Waals surface area contributed by atoms with Gasteiger partial charge in [0.25, 0.3) is 0 Å². The molecule has 1 unspecified atom stereocenters. The topological polar surface area (TPSA) is 9.23 Å². The molecule has 2 aromatic rings. The van der Waals surface area contributed by atoms with Gasteiger partial charge in [0.15, 0.2) is 0 Å². The van der Waals surface area contributed by atoms with Gasteiger partial charge in [0.1, 0.15) is 11.6 Å². The van der Waals surface area contributed by atoms with Crippen LogP contribution in [-0.2, 0) is 0 Å². The van der Waals surface area contributed by atoms with Crippen molar-refractivity contribution in [2.24, 2.45) is 0 Å². The molecule has 1 nitrogen and oxygen atoms in total. The van der Waals surface area contributed by atoms with Gasteiger partial charge in [-0.15, -0.1) is 9.24 Å². The van der Waals surface area contributed by atoms with E-state index in [0.717, 1.165) is 22.2 Å². The van der Waals surface area contributed by atoms with Gasteiger partial charge >= 0.3 is 0 Å². The minimum Gasteiger partial charge on any atom is -0.497 e. The fourth-order valence-electron chi connectivity index (χ4n) is 1.56. The number of benzene rings is 2. The van der Waals surface area contributed by atoms with Crippen LogP contribution >= 0.6 is 9.24 Å². The van der Waals surface area contributed by atoms with E-state index in [1.165, 1.54) is 12.1 Å². The zero-order valence-electron chi connectivity index (χ0n) is 8.91. The summed E-state index contributed by atoms with van der Waals surface area (Å²) < 4.78 is 17.9. The average Bonchev–Trinajstić information content (AvgIpc) is 2.30. The molecule has 0 aliphatic heterocycles. The molecule has 0 saturated carbocycles. The van der Waals surface area contributed by atoms with E-state index in [9.17, 15) is 4.39 Å². The Labute approximate surface area is 96.5 Å². The van der Waals surface area contributed by atoms with Crippen LogP contribution in [0.3, 0.4) is 0 Å². The van der Waals surface area contributed by atoms with Crippen LogP contribution in [0.1, 0.15) is 0 Å². The molecule has 0 fully saturated rings. The average molecular weight is 234 g/mol. The smallest absolute Gasteiger partial charge is 0.123 e. The molecule has 2 aromatic carbocycles. The summed E-state index contributed by atoms with van der Waals surface area (Å²) in [5.41, 5.74) is 2.06. The van der Waals surface area contributed by atoms with E-state index in [1.807, 2.05) is 18.2 Å². The molecule has 2 rings (SSSR count). The van der Waals surface area contributed by atoms with Gasteiger partial charge in [-0.05, 0) is 40.7 Å². The molecule has 0 spiro atoms. The third-order valence-corrected chi connectivity index (χ3v) is 2.89. The summed E-state index contributed by atoms with van der Waals surface area (Å²) in [6.07, 6.45) is 0. The Morgan fingerprint density at radius 3 is 2.31 bits per heavy atom. The van der Waals surface area contributed by atoms with Crippen LogP contribution in [-0.4, -0.2) is 7.11 Å². The van der Waals surface area contributed by atoms with Gasteiger partial charge < -0.3 is 4.74 Å². The first kappa shape index (κ1) is 11.1. The highest BCUT2D eigenvalue weighted by Gasteiger charge is 2.03. The van der Waals surface area contributed by atoms with Crippen molar-refractivity contribution in [1.82, 2.24) is 0 Å². The lowest BCUT2D eigenvalue weighted by atomic mass is 10.1. The summed E-state index contributed by atoms with van der Waals surface area (Å²) in [7, 11) is 4.30. The number of hydrogen-bond donors (Lipinski definition) is 0. The Morgan fingerprint density at radius 2 is 1.75 bits per heavy atom. The molecule has 0 aliphatic rings. The van der Waals surface area contributed by atoms with Gasteiger partial charge in [-0.25, -0.2) is 4.39 Å². The molecule has 0 N–H and O–H groups in total. The lowest BCUT2D eigenvalue weighted by Crippen LogP contribution is -1.98. The Bertz CT molecular complexity index is 494. The Kier molecular flexibility index (Phi) is 3.21. The monoisotopic (exact) mass is 234 g/mol. The molecule has 82 valence electrons. The fraction of sp³-hybridized carbons (Fsp3) is 0.0769. The van der Waals surface area contributed by atoms with Crippen molar-refractivity contribution in [3.63, 3.8) is 0 Å². The normalized spacial score (nSPS) is 10.2. The van der Waals surface area contributed by atoms with Crippen LogP contribution in [0.2, 0.25) is 0 Å². The van der Waals surface area contributed by atoms with Crippen LogP contribution in [0.4, 0.5) is 4.39 Å². The maximum Gasteiger partial charge on any atom is 0.123 e. The van der Waals surface area contributed by atoms with Gasteiger partial charge in [-0.3, -0.25) is 0 Å². The summed E-state index contributed by atoms with van der Waals surface area (Å²) in [5, 5.41) is 1.03. The largest absolute Gasteiger partial charge is 0.497 e. The fourth-order valence-corrected chi connectivity index (χ4v) is 1.99. The first-order chi connectivity index (χ1) is 7.70. The van der Waals surface area contributed by atoms with E-state index in [-0.39, 0.29) is 5.82 Å². The Morgan fingerprint density at radius 1 is 1.06 bits per heavy atom. The third-order valence-electron chi connectivity index (χ3n) is 2.41. The highest BCUT2D eigenvalue weighted by Crippen LogP contribution is 2.22. The van der Waals surface area contributed by atoms with E-state index in [2.05, 4.69) is 9.24 Å². The zero-order valence-corrected chi connectivity index (χ0v) is 10.1. The van der Waals surface area contributed by atoms with Crippen molar-refractivity contribution in [2.45, 2.75) is 0 Å². The molecular weight excluding hydrogens is 222 g/mol. The molecule has 0 bridgehead atoms. The van der Waals surface area contributed by atoms with Crippen LogP contribution in [0.5, 0.6) is 5.75 Å². The first-order valence-electron chi connectivity index (χ1n) is 4.90. The third kappa shape index (κ3) is 2.23. The quantitative estimate of drug-likeness (QED) is 0.726. The van der Waals surface area contributed by atoms with Crippen LogP contribution in [0.25, 0.3) is 11.1 Å². The predicted octanol–water partition coefficient (Wildman–Crippen LogP) is 3.00. The van der Waals surface area contributed by atoms with E-state index in [0.29, 0.717) is 0 Å². The lowest BCUT2D eigenvalue weighted by Gasteiger charge is -2.07. The van der Waals surface area contributed by atoms with Crippen LogP contribution in [0, 0.1) is 5.82 Å². The van der Waals surface area contributed by atoms with Crippen LogP contribution in [0.15, 0.2) is 42.5 Å². The van der Waals surface area contributed by atoms with E-state index >= 15 is 0 Å². The zero-order chi connectivity index (χ0) is 11.5. The summed E-state index contributed by atoms with van der Waals surface area (Å²) in [6.45, 7) is 0. The van der Waals surface area contributed by atoms with Gasteiger partial charge in [0, 0.05) is 0 Å². The van der Waals surface area contributed by atoms with Crippen molar-refractivity contribution in [1.29, 1.82) is 0 Å². The van der Waals surface area contributed by atoms with Crippen molar-refractivity contribution < 1.29 is 9.13 Å². The molecule has 0 amide bonds. The van der Waals surface area contributed by atoms with Gasteiger partial charge in [-0.2, -0.15) is 0 Å². The second-order valence-electron chi connectivity index (χ2n) is 3.46. The number of halogens is 1. The van der Waals surface area contributed by atoms with Crippen molar-refractivity contribution in [3.8, 4) is 16.9 Å². The molecule has 0 aliphatic carbocycles. The predicted molar refractivity (Wildman–Crippen MR) is 67.7 cm³/mol. The van der Waals surface area contributed by atoms with Crippen LogP contribution < -0.4 is 10.0 Å². The second-order valence-corrected chi connectivity index (χ2v) is 4.08. The number of ether oxygens (including phenoxy) is 1. The van der Waals surface area contributed by atoms with E-state index < -0.39 is 0 Å². The first-order valence-corrected chi connectivity index (χ1v) is 5.48. The molecule has 1 atom stereocenters. The van der Waals surface area contributed by atoms with Gasteiger partial charge in [-0.1, -0.05) is 18.2 Å². The van der Waals surface area contributed by atoms with Gasteiger partial charge in [0.05, 0.1) is 7.11 Å².